The van der Waals surface area contributed by atoms with Crippen LogP contribution in [-0.2, 0) is 9.53 Å². The van der Waals surface area contributed by atoms with Gasteiger partial charge in [0.2, 0.25) is 5.91 Å². The zero-order valence-electron chi connectivity index (χ0n) is 19.3. The second-order valence-corrected chi connectivity index (χ2v) is 9.40. The quantitative estimate of drug-likeness (QED) is 0.366. The number of anilines is 1. The first-order valence-corrected chi connectivity index (χ1v) is 12.0. The number of hydrogen-bond acceptors (Lipinski definition) is 4. The number of benzene rings is 3. The number of amides is 2. The van der Waals surface area contributed by atoms with E-state index in [0.717, 1.165) is 22.3 Å². The second kappa shape index (κ2) is 10.3. The number of carbonyl (C=O) groups excluding carboxylic acids is 2. The van der Waals surface area contributed by atoms with Crippen molar-refractivity contribution in [2.24, 2.45) is 5.92 Å². The summed E-state index contributed by atoms with van der Waals surface area (Å²) >= 11 is 3.22. The predicted molar refractivity (Wildman–Crippen MR) is 137 cm³/mol. The fraction of sp³-hybridized carbons (Fsp3) is 0.222. The number of rotatable bonds is 7. The molecule has 35 heavy (non-hydrogen) atoms. The van der Waals surface area contributed by atoms with E-state index < -0.39 is 18.0 Å². The summed E-state index contributed by atoms with van der Waals surface area (Å²) < 4.78 is 5.95. The molecular formula is C27H25BrN2O5. The van der Waals surface area contributed by atoms with Crippen LogP contribution in [0.3, 0.4) is 0 Å². The first kappa shape index (κ1) is 24.5. The monoisotopic (exact) mass is 536 g/mol. The van der Waals surface area contributed by atoms with Gasteiger partial charge in [0.25, 0.3) is 0 Å². The number of carboxylic acids is 1. The van der Waals surface area contributed by atoms with Crippen LogP contribution in [0.1, 0.15) is 39.9 Å². The Labute approximate surface area is 211 Å². The largest absolute Gasteiger partial charge is 0.478 e. The third-order valence-corrected chi connectivity index (χ3v) is 6.80. The normalized spacial score (nSPS) is 12.9. The van der Waals surface area contributed by atoms with Crippen molar-refractivity contribution in [1.29, 1.82) is 0 Å². The number of aryl methyl sites for hydroxylation is 1. The van der Waals surface area contributed by atoms with Gasteiger partial charge in [-0.15, -0.1) is 0 Å². The fourth-order valence-corrected chi connectivity index (χ4v) is 4.83. The third-order valence-electron chi connectivity index (χ3n) is 6.15. The second-order valence-electron chi connectivity index (χ2n) is 8.55. The van der Waals surface area contributed by atoms with Gasteiger partial charge in [-0.25, -0.2) is 9.59 Å². The SMILES string of the molecule is Cc1cc(Br)c(C(=O)O)cc1NC(=O)C(C)CNC(=O)OCC1c2ccccc2-c2ccccc21. The molecule has 0 saturated heterocycles. The number of aromatic carboxylic acids is 1. The van der Waals surface area contributed by atoms with Crippen molar-refractivity contribution in [3.63, 3.8) is 0 Å². The van der Waals surface area contributed by atoms with Gasteiger partial charge in [0.15, 0.2) is 0 Å². The summed E-state index contributed by atoms with van der Waals surface area (Å²) in [4.78, 5) is 36.4. The number of fused-ring (bicyclic) bond motifs is 3. The van der Waals surface area contributed by atoms with E-state index in [1.165, 1.54) is 6.07 Å². The average Bonchev–Trinajstić information content (AvgIpc) is 3.16. The van der Waals surface area contributed by atoms with E-state index in [0.29, 0.717) is 15.7 Å². The highest BCUT2D eigenvalue weighted by Gasteiger charge is 2.29. The highest BCUT2D eigenvalue weighted by Crippen LogP contribution is 2.44. The molecular weight excluding hydrogens is 512 g/mol. The lowest BCUT2D eigenvalue weighted by Crippen LogP contribution is -2.35. The van der Waals surface area contributed by atoms with E-state index in [1.807, 2.05) is 36.4 Å². The Morgan fingerprint density at radius 3 is 2.23 bits per heavy atom. The van der Waals surface area contributed by atoms with E-state index >= 15 is 0 Å². The van der Waals surface area contributed by atoms with Gasteiger partial charge in [-0.2, -0.15) is 0 Å². The highest BCUT2D eigenvalue weighted by atomic mass is 79.9. The van der Waals surface area contributed by atoms with Crippen molar-refractivity contribution >= 4 is 39.6 Å². The van der Waals surface area contributed by atoms with Crippen LogP contribution in [0, 0.1) is 12.8 Å². The van der Waals surface area contributed by atoms with Gasteiger partial charge in [0, 0.05) is 22.6 Å². The fourth-order valence-electron chi connectivity index (χ4n) is 4.21. The van der Waals surface area contributed by atoms with Crippen molar-refractivity contribution < 1.29 is 24.2 Å². The number of nitrogens with one attached hydrogen (secondary N) is 2. The first-order valence-electron chi connectivity index (χ1n) is 11.2. The molecule has 4 rings (SSSR count). The Hall–Kier alpha value is -3.65. The van der Waals surface area contributed by atoms with Crippen LogP contribution >= 0.6 is 15.9 Å². The molecule has 1 unspecified atom stereocenters. The van der Waals surface area contributed by atoms with Gasteiger partial charge in [-0.05, 0) is 62.8 Å². The summed E-state index contributed by atoms with van der Waals surface area (Å²) in [7, 11) is 0. The molecule has 3 aromatic carbocycles. The van der Waals surface area contributed by atoms with Crippen molar-refractivity contribution in [2.45, 2.75) is 19.8 Å². The maximum atomic E-state index is 12.6. The summed E-state index contributed by atoms with van der Waals surface area (Å²) in [5.74, 6) is -2.05. The Morgan fingerprint density at radius 1 is 1.03 bits per heavy atom. The molecule has 8 heteroatoms. The number of ether oxygens (including phenoxy) is 1. The molecule has 0 aromatic heterocycles. The minimum absolute atomic E-state index is 0.0438. The van der Waals surface area contributed by atoms with Crippen LogP contribution in [0.5, 0.6) is 0 Å². The predicted octanol–water partition coefficient (Wildman–Crippen LogP) is 5.57. The molecule has 0 saturated carbocycles. The Bertz CT molecular complexity index is 1260. The van der Waals surface area contributed by atoms with Gasteiger partial charge in [-0.3, -0.25) is 4.79 Å². The molecule has 0 radical (unpaired) electrons. The third kappa shape index (κ3) is 5.22. The van der Waals surface area contributed by atoms with Gasteiger partial charge < -0.3 is 20.5 Å². The van der Waals surface area contributed by atoms with Crippen LogP contribution in [0.25, 0.3) is 11.1 Å². The molecule has 7 nitrogen and oxygen atoms in total. The van der Waals surface area contributed by atoms with Crippen LogP contribution in [-0.4, -0.2) is 36.2 Å². The van der Waals surface area contributed by atoms with Crippen molar-refractivity contribution in [2.75, 3.05) is 18.5 Å². The molecule has 1 aliphatic rings. The number of hydrogen-bond donors (Lipinski definition) is 3. The number of alkyl carbamates (subject to hydrolysis) is 1. The molecule has 1 atom stereocenters. The van der Waals surface area contributed by atoms with Crippen molar-refractivity contribution in [3.05, 3.63) is 87.4 Å². The van der Waals surface area contributed by atoms with E-state index in [9.17, 15) is 19.5 Å². The zero-order chi connectivity index (χ0) is 25.1. The molecule has 0 bridgehead atoms. The van der Waals surface area contributed by atoms with Gasteiger partial charge in [0.05, 0.1) is 11.5 Å². The smallest absolute Gasteiger partial charge is 0.407 e. The molecule has 3 N–H and O–H groups in total. The molecule has 2 amide bonds. The van der Waals surface area contributed by atoms with E-state index in [2.05, 4.69) is 38.7 Å². The molecule has 0 heterocycles. The summed E-state index contributed by atoms with van der Waals surface area (Å²) in [6.07, 6.45) is -0.598. The topological polar surface area (TPSA) is 105 Å². The maximum Gasteiger partial charge on any atom is 0.407 e. The van der Waals surface area contributed by atoms with E-state index in [1.54, 1.807) is 19.9 Å². The van der Waals surface area contributed by atoms with Gasteiger partial charge in [0.1, 0.15) is 6.61 Å². The van der Waals surface area contributed by atoms with E-state index in [4.69, 9.17) is 4.74 Å². The molecule has 0 aliphatic heterocycles. The lowest BCUT2D eigenvalue weighted by Gasteiger charge is -2.17. The lowest BCUT2D eigenvalue weighted by atomic mass is 9.98. The summed E-state index contributed by atoms with van der Waals surface area (Å²) in [6, 6.07) is 19.2. The summed E-state index contributed by atoms with van der Waals surface area (Å²) in [5.41, 5.74) is 5.72. The minimum Gasteiger partial charge on any atom is -0.478 e. The standard InChI is InChI=1S/C27H25BrN2O5/c1-15-11-23(28)21(26(32)33)12-24(15)30-25(31)16(2)13-29-27(34)35-14-22-19-9-5-3-7-17(19)18-8-4-6-10-20(18)22/h3-12,16,22H,13-14H2,1-2H3,(H,29,34)(H,30,31)(H,32,33). The molecule has 1 aliphatic carbocycles. The number of carbonyl (C=O) groups is 3. The minimum atomic E-state index is -1.10. The Kier molecular flexibility index (Phi) is 7.21. The van der Waals surface area contributed by atoms with Crippen LogP contribution in [0.15, 0.2) is 65.1 Å². The molecule has 3 aromatic rings. The van der Waals surface area contributed by atoms with Crippen molar-refractivity contribution in [3.8, 4) is 11.1 Å². The van der Waals surface area contributed by atoms with Crippen LogP contribution in [0.4, 0.5) is 10.5 Å². The molecule has 0 spiro atoms. The molecule has 180 valence electrons. The van der Waals surface area contributed by atoms with Crippen LogP contribution in [0.2, 0.25) is 0 Å². The maximum absolute atomic E-state index is 12.6. The number of carboxylic acid groups (broad SMARTS) is 1. The lowest BCUT2D eigenvalue weighted by molar-refractivity contribution is -0.119. The summed E-state index contributed by atoms with van der Waals surface area (Å²) in [6.45, 7) is 3.71. The summed E-state index contributed by atoms with van der Waals surface area (Å²) in [5, 5.41) is 14.7. The Morgan fingerprint density at radius 2 is 1.63 bits per heavy atom. The van der Waals surface area contributed by atoms with Gasteiger partial charge in [-0.1, -0.05) is 55.5 Å². The molecule has 0 fully saturated rings. The first-order chi connectivity index (χ1) is 16.8. The van der Waals surface area contributed by atoms with E-state index in [-0.39, 0.29) is 30.5 Å². The average molecular weight is 537 g/mol. The number of halogens is 1. The zero-order valence-corrected chi connectivity index (χ0v) is 20.9. The van der Waals surface area contributed by atoms with Crippen LogP contribution < -0.4 is 10.6 Å². The van der Waals surface area contributed by atoms with Crippen molar-refractivity contribution in [1.82, 2.24) is 5.32 Å². The Balaban J connectivity index is 1.32. The van der Waals surface area contributed by atoms with Gasteiger partial charge >= 0.3 is 12.1 Å². The highest BCUT2D eigenvalue weighted by molar-refractivity contribution is 9.10.